The second-order valence-corrected chi connectivity index (χ2v) is 6.25. The summed E-state index contributed by atoms with van der Waals surface area (Å²) in [6, 6.07) is 0. The molecule has 0 aliphatic carbocycles. The van der Waals surface area contributed by atoms with E-state index in [9.17, 15) is 13.2 Å². The molecule has 1 aliphatic rings. The number of carbonyl (C=O) groups is 1. The minimum Gasteiger partial charge on any atom is -0.450 e. The topological polar surface area (TPSA) is 78.9 Å². The highest BCUT2D eigenvalue weighted by atomic mass is 32.2. The summed E-state index contributed by atoms with van der Waals surface area (Å²) in [5.74, 6) is -0.0878. The van der Waals surface area contributed by atoms with Gasteiger partial charge in [-0.2, -0.15) is 4.31 Å². The highest BCUT2D eigenvalue weighted by Crippen LogP contribution is 2.06. The Morgan fingerprint density at radius 3 is 2.44 bits per heavy atom. The van der Waals surface area contributed by atoms with Crippen molar-refractivity contribution in [2.24, 2.45) is 0 Å². The van der Waals surface area contributed by atoms with Crippen molar-refractivity contribution in [2.45, 2.75) is 6.92 Å². The zero-order chi connectivity index (χ0) is 13.6. The standard InChI is InChI=1S/C10H21N3O4S/c1-3-17-10(14)11-4-9-18(15,16)13-7-5-12(2)6-8-13/h3-9H2,1-2H3,(H,11,14). The van der Waals surface area contributed by atoms with E-state index >= 15 is 0 Å². The molecule has 18 heavy (non-hydrogen) atoms. The number of piperazine rings is 1. The maximum Gasteiger partial charge on any atom is 0.407 e. The Kier molecular flexibility index (Phi) is 5.83. The van der Waals surface area contributed by atoms with Gasteiger partial charge in [-0.15, -0.1) is 0 Å². The van der Waals surface area contributed by atoms with E-state index < -0.39 is 16.1 Å². The van der Waals surface area contributed by atoms with E-state index in [-0.39, 0.29) is 18.9 Å². The van der Waals surface area contributed by atoms with Gasteiger partial charge in [-0.1, -0.05) is 0 Å². The molecule has 0 radical (unpaired) electrons. The van der Waals surface area contributed by atoms with Gasteiger partial charge < -0.3 is 15.0 Å². The monoisotopic (exact) mass is 279 g/mol. The Balaban J connectivity index is 2.33. The zero-order valence-electron chi connectivity index (χ0n) is 10.9. The second kappa shape index (κ2) is 6.91. The lowest BCUT2D eigenvalue weighted by atomic mass is 10.4. The van der Waals surface area contributed by atoms with Crippen LogP contribution in [0.2, 0.25) is 0 Å². The number of amides is 1. The maximum atomic E-state index is 11.9. The summed E-state index contributed by atoms with van der Waals surface area (Å²) in [5.41, 5.74) is 0. The molecular weight excluding hydrogens is 258 g/mol. The smallest absolute Gasteiger partial charge is 0.407 e. The molecule has 1 rings (SSSR count). The number of nitrogens with zero attached hydrogens (tertiary/aromatic N) is 2. The van der Waals surface area contributed by atoms with Crippen LogP contribution in [0, 0.1) is 0 Å². The molecule has 1 fully saturated rings. The molecule has 0 spiro atoms. The van der Waals surface area contributed by atoms with Gasteiger partial charge in [0.05, 0.1) is 12.4 Å². The molecule has 0 saturated carbocycles. The van der Waals surface area contributed by atoms with Crippen LogP contribution in [0.1, 0.15) is 6.92 Å². The lowest BCUT2D eigenvalue weighted by Gasteiger charge is -2.31. The quantitative estimate of drug-likeness (QED) is 0.720. The van der Waals surface area contributed by atoms with Gasteiger partial charge >= 0.3 is 6.09 Å². The van der Waals surface area contributed by atoms with Gasteiger partial charge in [0.1, 0.15) is 0 Å². The molecule has 0 atom stereocenters. The van der Waals surface area contributed by atoms with Gasteiger partial charge in [-0.05, 0) is 14.0 Å². The first-order valence-electron chi connectivity index (χ1n) is 6.02. The summed E-state index contributed by atoms with van der Waals surface area (Å²) < 4.78 is 30.0. The molecule has 1 aliphatic heterocycles. The van der Waals surface area contributed by atoms with Crippen LogP contribution in [0.4, 0.5) is 4.79 Å². The highest BCUT2D eigenvalue weighted by molar-refractivity contribution is 7.89. The Morgan fingerprint density at radius 1 is 1.28 bits per heavy atom. The van der Waals surface area contributed by atoms with Crippen molar-refractivity contribution in [3.63, 3.8) is 0 Å². The minimum atomic E-state index is -3.28. The Bertz CT molecular complexity index is 363. The van der Waals surface area contributed by atoms with Crippen LogP contribution >= 0.6 is 0 Å². The second-order valence-electron chi connectivity index (χ2n) is 4.17. The number of rotatable bonds is 5. The number of alkyl carbamates (subject to hydrolysis) is 1. The van der Waals surface area contributed by atoms with Gasteiger partial charge in [-0.3, -0.25) is 0 Å². The Labute approximate surface area is 108 Å². The van der Waals surface area contributed by atoms with Crippen LogP contribution in [0.15, 0.2) is 0 Å². The van der Waals surface area contributed by atoms with Crippen LogP contribution in [0.5, 0.6) is 0 Å². The Hall–Kier alpha value is -0.860. The predicted molar refractivity (Wildman–Crippen MR) is 67.9 cm³/mol. The van der Waals surface area contributed by atoms with Gasteiger partial charge in [0.15, 0.2) is 0 Å². The fourth-order valence-electron chi connectivity index (χ4n) is 1.66. The van der Waals surface area contributed by atoms with E-state index in [1.165, 1.54) is 4.31 Å². The normalized spacial score (nSPS) is 18.6. The third kappa shape index (κ3) is 4.79. The number of hydrogen-bond acceptors (Lipinski definition) is 5. The van der Waals surface area contributed by atoms with Crippen LogP contribution in [-0.4, -0.2) is 75.8 Å². The summed E-state index contributed by atoms with van der Waals surface area (Å²) in [6.07, 6.45) is -0.578. The molecule has 1 N–H and O–H groups in total. The van der Waals surface area contributed by atoms with Gasteiger partial charge in [0, 0.05) is 32.7 Å². The molecule has 7 nitrogen and oxygen atoms in total. The first kappa shape index (κ1) is 15.2. The number of ether oxygens (including phenoxy) is 1. The van der Waals surface area contributed by atoms with Crippen molar-refractivity contribution >= 4 is 16.1 Å². The van der Waals surface area contributed by atoms with Crippen LogP contribution in [0.3, 0.4) is 0 Å². The van der Waals surface area contributed by atoms with Gasteiger partial charge in [0.25, 0.3) is 0 Å². The van der Waals surface area contributed by atoms with Crippen molar-refractivity contribution in [3.8, 4) is 0 Å². The SMILES string of the molecule is CCOC(=O)NCCS(=O)(=O)N1CCN(C)CC1. The highest BCUT2D eigenvalue weighted by Gasteiger charge is 2.25. The summed E-state index contributed by atoms with van der Waals surface area (Å²) in [6.45, 7) is 4.55. The molecule has 1 amide bonds. The van der Waals surface area contributed by atoms with Gasteiger partial charge in [-0.25, -0.2) is 13.2 Å². The summed E-state index contributed by atoms with van der Waals surface area (Å²) >= 11 is 0. The molecule has 0 aromatic rings. The molecule has 106 valence electrons. The minimum absolute atomic E-state index is 0.0769. The average molecular weight is 279 g/mol. The zero-order valence-corrected chi connectivity index (χ0v) is 11.7. The summed E-state index contributed by atoms with van der Waals surface area (Å²) in [7, 11) is -1.32. The molecule has 8 heteroatoms. The predicted octanol–water partition coefficient (Wildman–Crippen LogP) is -0.690. The van der Waals surface area contributed by atoms with Crippen molar-refractivity contribution in [1.82, 2.24) is 14.5 Å². The molecule has 0 bridgehead atoms. The molecule has 0 unspecified atom stereocenters. The third-order valence-electron chi connectivity index (χ3n) is 2.76. The molecule has 1 heterocycles. The number of likely N-dealkylation sites (N-methyl/N-ethyl adjacent to an activating group) is 1. The lowest BCUT2D eigenvalue weighted by Crippen LogP contribution is -2.48. The van der Waals surface area contributed by atoms with Crippen molar-refractivity contribution in [3.05, 3.63) is 0 Å². The van der Waals surface area contributed by atoms with Crippen LogP contribution < -0.4 is 5.32 Å². The summed E-state index contributed by atoms with van der Waals surface area (Å²) in [5, 5.41) is 2.41. The van der Waals surface area contributed by atoms with Crippen molar-refractivity contribution in [2.75, 3.05) is 52.1 Å². The molecule has 0 aromatic carbocycles. The van der Waals surface area contributed by atoms with Gasteiger partial charge in [0.2, 0.25) is 10.0 Å². The van der Waals surface area contributed by atoms with Crippen LogP contribution in [0.25, 0.3) is 0 Å². The summed E-state index contributed by atoms with van der Waals surface area (Å²) in [4.78, 5) is 13.1. The van der Waals surface area contributed by atoms with E-state index in [1.807, 2.05) is 7.05 Å². The molecular formula is C10H21N3O4S. The first-order valence-corrected chi connectivity index (χ1v) is 7.63. The average Bonchev–Trinajstić information content (AvgIpc) is 2.29. The van der Waals surface area contributed by atoms with Crippen molar-refractivity contribution < 1.29 is 17.9 Å². The fraction of sp³-hybridized carbons (Fsp3) is 0.900. The van der Waals surface area contributed by atoms with Crippen LogP contribution in [-0.2, 0) is 14.8 Å². The van der Waals surface area contributed by atoms with E-state index in [0.717, 1.165) is 13.1 Å². The lowest BCUT2D eigenvalue weighted by molar-refractivity contribution is 0.153. The maximum absolute atomic E-state index is 11.9. The Morgan fingerprint density at radius 2 is 1.89 bits per heavy atom. The largest absolute Gasteiger partial charge is 0.450 e. The number of carbonyl (C=O) groups excluding carboxylic acids is 1. The van der Waals surface area contributed by atoms with E-state index in [0.29, 0.717) is 13.1 Å². The van der Waals surface area contributed by atoms with Crippen molar-refractivity contribution in [1.29, 1.82) is 0 Å². The number of nitrogens with one attached hydrogen (secondary N) is 1. The molecule has 0 aromatic heterocycles. The third-order valence-corrected chi connectivity index (χ3v) is 4.63. The first-order chi connectivity index (χ1) is 8.45. The number of sulfonamides is 1. The molecule has 1 saturated heterocycles. The van der Waals surface area contributed by atoms with E-state index in [1.54, 1.807) is 6.92 Å². The van der Waals surface area contributed by atoms with E-state index in [2.05, 4.69) is 15.0 Å². The van der Waals surface area contributed by atoms with E-state index in [4.69, 9.17) is 0 Å². The number of hydrogen-bond donors (Lipinski definition) is 1. The fourth-order valence-corrected chi connectivity index (χ4v) is 3.00.